The van der Waals surface area contributed by atoms with Gasteiger partial charge >= 0.3 is 0 Å². The number of methoxy groups -OCH3 is 1. The second-order valence-corrected chi connectivity index (χ2v) is 6.66. The second kappa shape index (κ2) is 13.7. The fraction of sp³-hybridized carbons (Fsp3) is 0.304. The quantitative estimate of drug-likeness (QED) is 0.173. The molecule has 0 saturated heterocycles. The number of guanidine groups is 1. The van der Waals surface area contributed by atoms with Crippen molar-refractivity contribution < 1.29 is 9.47 Å². The van der Waals surface area contributed by atoms with Crippen molar-refractivity contribution in [2.45, 2.75) is 19.9 Å². The average Bonchev–Trinajstić information content (AvgIpc) is 3.31. The molecule has 0 unspecified atom stereocenters. The van der Waals surface area contributed by atoms with Crippen molar-refractivity contribution >= 4 is 35.6 Å². The first-order valence-electron chi connectivity index (χ1n) is 10.1. The molecule has 0 atom stereocenters. The molecule has 0 amide bonds. The zero-order valence-corrected chi connectivity index (χ0v) is 20.3. The molecule has 2 aromatic carbocycles. The van der Waals surface area contributed by atoms with E-state index in [2.05, 4.69) is 27.9 Å². The molecule has 0 spiro atoms. The Morgan fingerprint density at radius 3 is 2.65 bits per heavy atom. The molecule has 3 aromatic rings. The van der Waals surface area contributed by atoms with Crippen LogP contribution >= 0.6 is 24.0 Å². The van der Waals surface area contributed by atoms with Gasteiger partial charge < -0.3 is 20.1 Å². The SMILES string of the molecule is CCNC(=NCc1ccc(-n2cccn2)cc1)Nc1cccc(OCCCOC)c1.I. The van der Waals surface area contributed by atoms with E-state index >= 15 is 0 Å². The number of aromatic nitrogens is 2. The van der Waals surface area contributed by atoms with Gasteiger partial charge in [0.25, 0.3) is 0 Å². The molecule has 0 bridgehead atoms. The highest BCUT2D eigenvalue weighted by Gasteiger charge is 2.02. The van der Waals surface area contributed by atoms with Crippen LogP contribution in [-0.2, 0) is 11.3 Å². The first-order valence-corrected chi connectivity index (χ1v) is 10.1. The lowest BCUT2D eigenvalue weighted by atomic mass is 10.2. The Bertz CT molecular complexity index is 914. The van der Waals surface area contributed by atoms with Gasteiger partial charge in [0.2, 0.25) is 0 Å². The third kappa shape index (κ3) is 8.22. The highest BCUT2D eigenvalue weighted by molar-refractivity contribution is 14.0. The number of rotatable bonds is 10. The molecule has 0 fully saturated rings. The normalized spacial score (nSPS) is 11.0. The molecule has 1 heterocycles. The maximum absolute atomic E-state index is 5.77. The van der Waals surface area contributed by atoms with Gasteiger partial charge in [-0.1, -0.05) is 18.2 Å². The lowest BCUT2D eigenvalue weighted by Gasteiger charge is -2.13. The number of nitrogens with zero attached hydrogens (tertiary/aromatic N) is 3. The van der Waals surface area contributed by atoms with Gasteiger partial charge in [-0.3, -0.25) is 0 Å². The summed E-state index contributed by atoms with van der Waals surface area (Å²) in [7, 11) is 1.69. The van der Waals surface area contributed by atoms with Crippen LogP contribution in [0.5, 0.6) is 5.75 Å². The molecule has 31 heavy (non-hydrogen) atoms. The summed E-state index contributed by atoms with van der Waals surface area (Å²) in [6.45, 7) is 4.71. The average molecular weight is 535 g/mol. The molecule has 2 N–H and O–H groups in total. The van der Waals surface area contributed by atoms with Crippen molar-refractivity contribution in [2.75, 3.05) is 32.2 Å². The smallest absolute Gasteiger partial charge is 0.196 e. The van der Waals surface area contributed by atoms with Crippen molar-refractivity contribution in [1.82, 2.24) is 15.1 Å². The van der Waals surface area contributed by atoms with E-state index in [1.807, 2.05) is 60.3 Å². The predicted molar refractivity (Wildman–Crippen MR) is 136 cm³/mol. The molecule has 3 rings (SSSR count). The van der Waals surface area contributed by atoms with Gasteiger partial charge in [0, 0.05) is 50.8 Å². The van der Waals surface area contributed by atoms with E-state index in [0.717, 1.165) is 41.6 Å². The van der Waals surface area contributed by atoms with Gasteiger partial charge in [0.05, 0.1) is 18.8 Å². The lowest BCUT2D eigenvalue weighted by molar-refractivity contribution is 0.172. The molecule has 8 heteroatoms. The second-order valence-electron chi connectivity index (χ2n) is 6.66. The number of halogens is 1. The van der Waals surface area contributed by atoms with Gasteiger partial charge in [-0.25, -0.2) is 9.67 Å². The molecule has 0 saturated carbocycles. The first-order chi connectivity index (χ1) is 14.8. The zero-order chi connectivity index (χ0) is 21.0. The van der Waals surface area contributed by atoms with E-state index in [4.69, 9.17) is 14.5 Å². The number of ether oxygens (including phenoxy) is 2. The molecule has 0 radical (unpaired) electrons. The molecular formula is C23H30IN5O2. The highest BCUT2D eigenvalue weighted by atomic mass is 127. The number of hydrogen-bond donors (Lipinski definition) is 2. The minimum atomic E-state index is 0. The number of hydrogen-bond acceptors (Lipinski definition) is 4. The summed E-state index contributed by atoms with van der Waals surface area (Å²) in [4.78, 5) is 4.70. The summed E-state index contributed by atoms with van der Waals surface area (Å²) in [5.41, 5.74) is 3.08. The Labute approximate surface area is 200 Å². The Hall–Kier alpha value is -2.59. The number of anilines is 1. The fourth-order valence-electron chi connectivity index (χ4n) is 2.85. The Kier molecular flexibility index (Phi) is 10.9. The van der Waals surface area contributed by atoms with Crippen molar-refractivity contribution in [2.24, 2.45) is 4.99 Å². The molecule has 166 valence electrons. The van der Waals surface area contributed by atoms with E-state index in [9.17, 15) is 0 Å². The topological polar surface area (TPSA) is 72.7 Å². The largest absolute Gasteiger partial charge is 0.493 e. The molecule has 1 aromatic heterocycles. The Balaban J connectivity index is 0.00000341. The van der Waals surface area contributed by atoms with Crippen LogP contribution in [0.3, 0.4) is 0 Å². The van der Waals surface area contributed by atoms with Gasteiger partial charge in [-0.05, 0) is 42.8 Å². The third-order valence-electron chi connectivity index (χ3n) is 4.33. The fourth-order valence-corrected chi connectivity index (χ4v) is 2.85. The van der Waals surface area contributed by atoms with Crippen LogP contribution in [0.25, 0.3) is 5.69 Å². The predicted octanol–water partition coefficient (Wildman–Crippen LogP) is 4.48. The number of nitrogens with one attached hydrogen (secondary N) is 2. The first kappa shape index (κ1) is 24.7. The third-order valence-corrected chi connectivity index (χ3v) is 4.33. The van der Waals surface area contributed by atoms with Gasteiger partial charge in [0.15, 0.2) is 5.96 Å². The molecule has 0 aliphatic carbocycles. The van der Waals surface area contributed by atoms with Crippen LogP contribution in [-0.4, -0.2) is 42.6 Å². The van der Waals surface area contributed by atoms with Crippen molar-refractivity contribution in [3.8, 4) is 11.4 Å². The van der Waals surface area contributed by atoms with Crippen molar-refractivity contribution in [3.05, 3.63) is 72.6 Å². The van der Waals surface area contributed by atoms with E-state index in [-0.39, 0.29) is 24.0 Å². The summed E-state index contributed by atoms with van der Waals surface area (Å²) in [5, 5.41) is 10.9. The van der Waals surface area contributed by atoms with Crippen molar-refractivity contribution in [1.29, 1.82) is 0 Å². The number of benzene rings is 2. The van der Waals surface area contributed by atoms with Gasteiger partial charge in [-0.15, -0.1) is 24.0 Å². The zero-order valence-electron chi connectivity index (χ0n) is 18.0. The summed E-state index contributed by atoms with van der Waals surface area (Å²) < 4.78 is 12.7. The van der Waals surface area contributed by atoms with E-state index in [1.54, 1.807) is 13.3 Å². The van der Waals surface area contributed by atoms with Crippen molar-refractivity contribution in [3.63, 3.8) is 0 Å². The van der Waals surface area contributed by atoms with Crippen LogP contribution in [0.2, 0.25) is 0 Å². The van der Waals surface area contributed by atoms with Gasteiger partial charge in [-0.2, -0.15) is 5.10 Å². The van der Waals surface area contributed by atoms with Crippen LogP contribution in [0, 0.1) is 0 Å². The Morgan fingerprint density at radius 2 is 1.94 bits per heavy atom. The van der Waals surface area contributed by atoms with E-state index in [0.29, 0.717) is 19.8 Å². The maximum atomic E-state index is 5.77. The highest BCUT2D eigenvalue weighted by Crippen LogP contribution is 2.17. The summed E-state index contributed by atoms with van der Waals surface area (Å²) in [6, 6.07) is 18.0. The van der Waals surface area contributed by atoms with E-state index in [1.165, 1.54) is 0 Å². The van der Waals surface area contributed by atoms with E-state index < -0.39 is 0 Å². The summed E-state index contributed by atoms with van der Waals surface area (Å²) in [6.07, 6.45) is 4.55. The molecule has 7 nitrogen and oxygen atoms in total. The Morgan fingerprint density at radius 1 is 1.10 bits per heavy atom. The molecule has 0 aliphatic heterocycles. The van der Waals surface area contributed by atoms with Crippen LogP contribution < -0.4 is 15.4 Å². The standard InChI is InChI=1S/C23H29N5O2.HI/c1-3-24-23(27-20-7-4-8-22(17-20)30-16-6-15-29-2)25-18-19-9-11-21(12-10-19)28-14-5-13-26-28;/h4-5,7-14,17H,3,6,15-16,18H2,1-2H3,(H2,24,25,27);1H. The monoisotopic (exact) mass is 535 g/mol. The molecular weight excluding hydrogens is 505 g/mol. The summed E-state index contributed by atoms with van der Waals surface area (Å²) in [5.74, 6) is 1.55. The van der Waals surface area contributed by atoms with Crippen LogP contribution in [0.4, 0.5) is 5.69 Å². The molecule has 0 aliphatic rings. The minimum Gasteiger partial charge on any atom is -0.493 e. The summed E-state index contributed by atoms with van der Waals surface area (Å²) >= 11 is 0. The van der Waals surface area contributed by atoms with Gasteiger partial charge in [0.1, 0.15) is 5.75 Å². The van der Waals surface area contributed by atoms with Crippen LogP contribution in [0.15, 0.2) is 72.0 Å². The lowest BCUT2D eigenvalue weighted by Crippen LogP contribution is -2.30. The minimum absolute atomic E-state index is 0. The van der Waals surface area contributed by atoms with Crippen LogP contribution in [0.1, 0.15) is 18.9 Å². The maximum Gasteiger partial charge on any atom is 0.196 e. The number of aliphatic imine (C=N–C) groups is 1.